The number of anilines is 2. The zero-order chi connectivity index (χ0) is 22.1. The van der Waals surface area contributed by atoms with Gasteiger partial charge in [-0.1, -0.05) is 24.3 Å². The highest BCUT2D eigenvalue weighted by molar-refractivity contribution is 6.05. The smallest absolute Gasteiger partial charge is 0.411 e. The van der Waals surface area contributed by atoms with Crippen molar-refractivity contribution < 1.29 is 19.1 Å². The highest BCUT2D eigenvalue weighted by Gasteiger charge is 2.09. The molecule has 0 saturated carbocycles. The van der Waals surface area contributed by atoms with Crippen molar-refractivity contribution in [3.05, 3.63) is 89.5 Å². The van der Waals surface area contributed by atoms with Crippen LogP contribution < -0.4 is 15.4 Å². The van der Waals surface area contributed by atoms with E-state index in [1.807, 2.05) is 6.07 Å². The van der Waals surface area contributed by atoms with Crippen molar-refractivity contribution in [2.45, 2.75) is 13.5 Å². The molecule has 3 aromatic carbocycles. The third-order valence-corrected chi connectivity index (χ3v) is 4.20. The lowest BCUT2D eigenvalue weighted by Gasteiger charge is -2.10. The second kappa shape index (κ2) is 10.5. The average Bonchev–Trinajstić information content (AvgIpc) is 2.78. The maximum Gasteiger partial charge on any atom is 0.411 e. The van der Waals surface area contributed by atoms with Crippen molar-refractivity contribution in [2.24, 2.45) is 0 Å². The van der Waals surface area contributed by atoms with Crippen LogP contribution in [-0.2, 0) is 11.3 Å². The fourth-order valence-electron chi connectivity index (χ4n) is 2.79. The minimum absolute atomic E-state index is 0.258. The Morgan fingerprint density at radius 3 is 2.45 bits per heavy atom. The minimum atomic E-state index is -0.579. The van der Waals surface area contributed by atoms with Crippen molar-refractivity contribution >= 4 is 23.4 Å². The van der Waals surface area contributed by atoms with E-state index >= 15 is 0 Å². The van der Waals surface area contributed by atoms with Crippen LogP contribution >= 0.6 is 0 Å². The number of nitrogens with zero attached hydrogens (tertiary/aromatic N) is 1. The van der Waals surface area contributed by atoms with E-state index in [1.54, 1.807) is 73.7 Å². The highest BCUT2D eigenvalue weighted by atomic mass is 16.5. The largest absolute Gasteiger partial charge is 0.489 e. The molecule has 0 aliphatic rings. The van der Waals surface area contributed by atoms with Crippen LogP contribution in [0.5, 0.6) is 5.75 Å². The normalized spacial score (nSPS) is 9.94. The summed E-state index contributed by atoms with van der Waals surface area (Å²) in [5, 5.41) is 14.4. The summed E-state index contributed by atoms with van der Waals surface area (Å²) in [5.41, 5.74) is 2.86. The Kier molecular flexibility index (Phi) is 7.22. The molecule has 0 saturated heterocycles. The summed E-state index contributed by atoms with van der Waals surface area (Å²) in [6, 6.07) is 22.9. The molecule has 0 fully saturated rings. The molecular formula is C24H21N3O4. The fraction of sp³-hybridized carbons (Fsp3) is 0.125. The molecule has 7 heteroatoms. The van der Waals surface area contributed by atoms with Crippen molar-refractivity contribution in [1.82, 2.24) is 0 Å². The van der Waals surface area contributed by atoms with Gasteiger partial charge in [0.1, 0.15) is 12.4 Å². The number of ether oxygens (including phenoxy) is 2. The molecule has 0 aliphatic heterocycles. The maximum atomic E-state index is 12.6. The molecule has 156 valence electrons. The van der Waals surface area contributed by atoms with E-state index in [0.29, 0.717) is 34.9 Å². The number of nitrogens with one attached hydrogen (secondary N) is 2. The molecule has 2 amide bonds. The van der Waals surface area contributed by atoms with Crippen LogP contribution in [0.1, 0.15) is 28.4 Å². The van der Waals surface area contributed by atoms with E-state index in [-0.39, 0.29) is 12.5 Å². The molecule has 2 N–H and O–H groups in total. The lowest BCUT2D eigenvalue weighted by molar-refractivity contribution is 0.102. The SMILES string of the molecule is CCOC(=O)Nc1cccc(C(=O)Nc2cccc(OCc3cccc(C#N)c3)c2)c1. The van der Waals surface area contributed by atoms with Gasteiger partial charge in [-0.3, -0.25) is 10.1 Å². The molecule has 0 aliphatic carbocycles. The van der Waals surface area contributed by atoms with Gasteiger partial charge in [0.15, 0.2) is 0 Å². The van der Waals surface area contributed by atoms with Gasteiger partial charge in [-0.2, -0.15) is 5.26 Å². The first-order chi connectivity index (χ1) is 15.1. The van der Waals surface area contributed by atoms with Crippen molar-refractivity contribution in [2.75, 3.05) is 17.2 Å². The average molecular weight is 415 g/mol. The highest BCUT2D eigenvalue weighted by Crippen LogP contribution is 2.20. The molecule has 3 aromatic rings. The molecule has 0 aromatic heterocycles. The topological polar surface area (TPSA) is 100 Å². The van der Waals surface area contributed by atoms with Crippen LogP contribution in [0.4, 0.5) is 16.2 Å². The number of hydrogen-bond acceptors (Lipinski definition) is 5. The number of carbonyl (C=O) groups is 2. The third-order valence-electron chi connectivity index (χ3n) is 4.20. The Morgan fingerprint density at radius 1 is 0.935 bits per heavy atom. The number of nitriles is 1. The second-order valence-corrected chi connectivity index (χ2v) is 6.51. The van der Waals surface area contributed by atoms with Crippen LogP contribution in [-0.4, -0.2) is 18.6 Å². The zero-order valence-electron chi connectivity index (χ0n) is 16.9. The standard InChI is InChI=1S/C24H21N3O4/c1-2-30-24(29)27-20-9-4-8-19(13-20)23(28)26-21-10-5-11-22(14-21)31-16-18-7-3-6-17(12-18)15-25/h3-14H,2,16H2,1H3,(H,26,28)(H,27,29). The van der Waals surface area contributed by atoms with Gasteiger partial charge in [0.2, 0.25) is 0 Å². The first-order valence-corrected chi connectivity index (χ1v) is 9.64. The van der Waals surface area contributed by atoms with Crippen LogP contribution in [0.2, 0.25) is 0 Å². The molecule has 0 bridgehead atoms. The third kappa shape index (κ3) is 6.34. The molecule has 3 rings (SSSR count). The lowest BCUT2D eigenvalue weighted by Crippen LogP contribution is -2.15. The van der Waals surface area contributed by atoms with E-state index in [2.05, 4.69) is 16.7 Å². The van der Waals surface area contributed by atoms with Gasteiger partial charge < -0.3 is 14.8 Å². The number of amides is 2. The van der Waals surface area contributed by atoms with Gasteiger partial charge in [-0.05, 0) is 55.0 Å². The summed E-state index contributed by atoms with van der Waals surface area (Å²) in [6.45, 7) is 2.27. The summed E-state index contributed by atoms with van der Waals surface area (Å²) in [7, 11) is 0. The lowest BCUT2D eigenvalue weighted by atomic mass is 10.1. The summed E-state index contributed by atoms with van der Waals surface area (Å²) in [5.74, 6) is 0.254. The van der Waals surface area contributed by atoms with Crippen molar-refractivity contribution in [3.8, 4) is 11.8 Å². The van der Waals surface area contributed by atoms with E-state index in [9.17, 15) is 9.59 Å². The predicted octanol–water partition coefficient (Wildman–Crippen LogP) is 4.96. The van der Waals surface area contributed by atoms with Gasteiger partial charge in [-0.25, -0.2) is 4.79 Å². The van der Waals surface area contributed by atoms with Crippen LogP contribution in [0.15, 0.2) is 72.8 Å². The second-order valence-electron chi connectivity index (χ2n) is 6.51. The molecule has 31 heavy (non-hydrogen) atoms. The number of carbonyl (C=O) groups excluding carboxylic acids is 2. The minimum Gasteiger partial charge on any atom is -0.489 e. The molecule has 0 heterocycles. The predicted molar refractivity (Wildman–Crippen MR) is 117 cm³/mol. The molecule has 0 radical (unpaired) electrons. The molecule has 0 spiro atoms. The van der Waals surface area contributed by atoms with Gasteiger partial charge in [0.25, 0.3) is 5.91 Å². The quantitative estimate of drug-likeness (QED) is 0.568. The van der Waals surface area contributed by atoms with E-state index < -0.39 is 6.09 Å². The van der Waals surface area contributed by atoms with Crippen LogP contribution in [0, 0.1) is 11.3 Å². The van der Waals surface area contributed by atoms with Gasteiger partial charge in [-0.15, -0.1) is 0 Å². The Morgan fingerprint density at radius 2 is 1.68 bits per heavy atom. The zero-order valence-corrected chi connectivity index (χ0v) is 16.9. The summed E-state index contributed by atoms with van der Waals surface area (Å²) < 4.78 is 10.6. The summed E-state index contributed by atoms with van der Waals surface area (Å²) in [4.78, 5) is 24.2. The van der Waals surface area contributed by atoms with E-state index in [1.165, 1.54) is 0 Å². The fourth-order valence-corrected chi connectivity index (χ4v) is 2.79. The van der Waals surface area contributed by atoms with Crippen LogP contribution in [0.25, 0.3) is 0 Å². The summed E-state index contributed by atoms with van der Waals surface area (Å²) >= 11 is 0. The van der Waals surface area contributed by atoms with Gasteiger partial charge in [0, 0.05) is 23.0 Å². The molecular weight excluding hydrogens is 394 g/mol. The Bertz CT molecular complexity index is 1120. The molecule has 0 unspecified atom stereocenters. The first kappa shape index (κ1) is 21.4. The van der Waals surface area contributed by atoms with Crippen LogP contribution in [0.3, 0.4) is 0 Å². The molecule has 7 nitrogen and oxygen atoms in total. The monoisotopic (exact) mass is 415 g/mol. The van der Waals surface area contributed by atoms with Crippen molar-refractivity contribution in [1.29, 1.82) is 5.26 Å². The van der Waals surface area contributed by atoms with Crippen molar-refractivity contribution in [3.63, 3.8) is 0 Å². The van der Waals surface area contributed by atoms with E-state index in [0.717, 1.165) is 5.56 Å². The Hall–Kier alpha value is -4.31. The van der Waals surface area contributed by atoms with Gasteiger partial charge in [0.05, 0.1) is 18.2 Å². The number of rotatable bonds is 7. The van der Waals surface area contributed by atoms with Gasteiger partial charge >= 0.3 is 6.09 Å². The number of benzene rings is 3. The summed E-state index contributed by atoms with van der Waals surface area (Å²) in [6.07, 6.45) is -0.579. The Balaban J connectivity index is 1.63. The molecule has 0 atom stereocenters. The maximum absolute atomic E-state index is 12.6. The first-order valence-electron chi connectivity index (χ1n) is 9.64. The Labute approximate surface area is 180 Å². The number of hydrogen-bond donors (Lipinski definition) is 2. The van der Waals surface area contributed by atoms with E-state index in [4.69, 9.17) is 14.7 Å².